The van der Waals surface area contributed by atoms with Gasteiger partial charge in [0.1, 0.15) is 11.6 Å². The number of nitrogens with one attached hydrogen (secondary N) is 1. The summed E-state index contributed by atoms with van der Waals surface area (Å²) in [4.78, 5) is 0.382. The molecular formula is C20H20FNO4S. The number of aryl methyl sites for hydroxylation is 1. The maximum absolute atomic E-state index is 13.8. The zero-order valence-electron chi connectivity index (χ0n) is 14.7. The molecule has 0 unspecified atom stereocenters. The summed E-state index contributed by atoms with van der Waals surface area (Å²) < 4.78 is 52.3. The summed E-state index contributed by atoms with van der Waals surface area (Å²) in [5, 5.41) is 0. The van der Waals surface area contributed by atoms with Crippen molar-refractivity contribution in [1.82, 2.24) is 4.72 Å². The van der Waals surface area contributed by atoms with Gasteiger partial charge in [0, 0.05) is 12.1 Å². The van der Waals surface area contributed by atoms with Crippen molar-refractivity contribution in [2.45, 2.75) is 25.9 Å². The van der Waals surface area contributed by atoms with Crippen molar-refractivity contribution >= 4 is 16.1 Å². The van der Waals surface area contributed by atoms with E-state index in [2.05, 4.69) is 4.72 Å². The maximum Gasteiger partial charge on any atom is 0.236 e. The molecule has 5 nitrogen and oxygen atoms in total. The van der Waals surface area contributed by atoms with Gasteiger partial charge in [0.05, 0.1) is 11.5 Å². The molecule has 2 aliphatic rings. The minimum Gasteiger partial charge on any atom is -0.467 e. The molecule has 0 saturated heterocycles. The van der Waals surface area contributed by atoms with E-state index < -0.39 is 10.0 Å². The van der Waals surface area contributed by atoms with Crippen molar-refractivity contribution in [1.29, 1.82) is 0 Å². The van der Waals surface area contributed by atoms with Crippen LogP contribution in [0.3, 0.4) is 0 Å². The molecule has 0 spiro atoms. The number of ether oxygens (including phenoxy) is 2. The Kier molecular flexibility index (Phi) is 4.99. The van der Waals surface area contributed by atoms with E-state index in [1.165, 1.54) is 12.1 Å². The van der Waals surface area contributed by atoms with Crippen LogP contribution in [-0.2, 0) is 34.2 Å². The molecular weight excluding hydrogens is 369 g/mol. The van der Waals surface area contributed by atoms with Crippen molar-refractivity contribution in [3.05, 3.63) is 69.4 Å². The van der Waals surface area contributed by atoms with E-state index in [1.54, 1.807) is 6.08 Å². The molecule has 4 rings (SSSR count). The van der Waals surface area contributed by atoms with Crippen molar-refractivity contribution < 1.29 is 22.3 Å². The van der Waals surface area contributed by atoms with E-state index in [0.717, 1.165) is 11.1 Å². The summed E-state index contributed by atoms with van der Waals surface area (Å²) in [6, 6.07) is 10.6. The summed E-state index contributed by atoms with van der Waals surface area (Å²) in [6.07, 6.45) is 3.24. The minimum absolute atomic E-state index is 0.115. The molecule has 7 heteroatoms. The van der Waals surface area contributed by atoms with Crippen LogP contribution < -0.4 is 9.46 Å². The monoisotopic (exact) mass is 389 g/mol. The second-order valence-corrected chi connectivity index (χ2v) is 8.44. The first-order valence-corrected chi connectivity index (χ1v) is 10.3. The Labute approximate surface area is 157 Å². The summed E-state index contributed by atoms with van der Waals surface area (Å²) in [7, 11) is -3.58. The lowest BCUT2D eigenvalue weighted by molar-refractivity contribution is -0.0172. The summed E-state index contributed by atoms with van der Waals surface area (Å²) >= 11 is 0. The van der Waals surface area contributed by atoms with Gasteiger partial charge in [-0.2, -0.15) is 0 Å². The van der Waals surface area contributed by atoms with Gasteiger partial charge in [-0.3, -0.25) is 0 Å². The fourth-order valence-corrected chi connectivity index (χ4v) is 4.68. The van der Waals surface area contributed by atoms with Gasteiger partial charge in [-0.15, -0.1) is 0 Å². The molecule has 2 aromatic rings. The average molecular weight is 389 g/mol. The smallest absolute Gasteiger partial charge is 0.236 e. The molecule has 2 aromatic carbocycles. The number of allylic oxidation sites excluding steroid dienone is 1. The highest BCUT2D eigenvalue weighted by Gasteiger charge is 2.22. The van der Waals surface area contributed by atoms with Gasteiger partial charge >= 0.3 is 0 Å². The van der Waals surface area contributed by atoms with Crippen molar-refractivity contribution in [2.24, 2.45) is 0 Å². The summed E-state index contributed by atoms with van der Waals surface area (Å²) in [6.45, 7) is 0.573. The average Bonchev–Trinajstić information content (AvgIpc) is 2.67. The number of hydrogen-bond acceptors (Lipinski definition) is 4. The van der Waals surface area contributed by atoms with Crippen LogP contribution in [0.5, 0.6) is 5.75 Å². The lowest BCUT2D eigenvalue weighted by Gasteiger charge is -2.21. The Balaban J connectivity index is 1.47. The molecule has 0 atom stereocenters. The zero-order chi connectivity index (χ0) is 18.9. The first kappa shape index (κ1) is 18.2. The molecule has 0 radical (unpaired) electrons. The van der Waals surface area contributed by atoms with Crippen LogP contribution in [0.1, 0.15) is 28.7 Å². The van der Waals surface area contributed by atoms with E-state index in [0.29, 0.717) is 41.0 Å². The van der Waals surface area contributed by atoms with Crippen LogP contribution in [0.4, 0.5) is 4.39 Å². The summed E-state index contributed by atoms with van der Waals surface area (Å²) in [5.41, 5.74) is 3.38. The van der Waals surface area contributed by atoms with Crippen molar-refractivity contribution in [2.75, 3.05) is 13.3 Å². The van der Waals surface area contributed by atoms with Gasteiger partial charge in [-0.05, 0) is 54.2 Å². The fraction of sp³-hybridized carbons (Fsp3) is 0.300. The molecule has 1 heterocycles. The number of halogens is 1. The fourth-order valence-electron chi connectivity index (χ4n) is 3.47. The van der Waals surface area contributed by atoms with Crippen LogP contribution in [0.25, 0.3) is 6.08 Å². The molecule has 27 heavy (non-hydrogen) atoms. The molecule has 0 saturated carbocycles. The Morgan fingerprint density at radius 2 is 1.96 bits per heavy atom. The van der Waals surface area contributed by atoms with Crippen LogP contribution in [0.2, 0.25) is 0 Å². The third kappa shape index (κ3) is 3.90. The van der Waals surface area contributed by atoms with Gasteiger partial charge in [0.2, 0.25) is 10.0 Å². The van der Waals surface area contributed by atoms with Crippen LogP contribution in [-0.4, -0.2) is 21.8 Å². The second kappa shape index (κ2) is 7.42. The first-order chi connectivity index (χ1) is 13.0. The number of hydrogen-bond donors (Lipinski definition) is 1. The number of fused-ring (bicyclic) bond motifs is 2. The zero-order valence-corrected chi connectivity index (χ0v) is 15.5. The van der Waals surface area contributed by atoms with E-state index in [4.69, 9.17) is 9.47 Å². The molecule has 0 aromatic heterocycles. The topological polar surface area (TPSA) is 64.6 Å². The SMILES string of the molecule is O=S(=O)(NCCc1cc(F)cc2c1OCOC2)C1=Cc2ccccc2CC1. The lowest BCUT2D eigenvalue weighted by atomic mass is 9.98. The van der Waals surface area contributed by atoms with Crippen molar-refractivity contribution in [3.63, 3.8) is 0 Å². The van der Waals surface area contributed by atoms with Gasteiger partial charge in [0.15, 0.2) is 6.79 Å². The van der Waals surface area contributed by atoms with Gasteiger partial charge in [0.25, 0.3) is 0 Å². The maximum atomic E-state index is 13.8. The van der Waals surface area contributed by atoms with E-state index in [1.807, 2.05) is 24.3 Å². The van der Waals surface area contributed by atoms with Gasteiger partial charge in [-0.1, -0.05) is 24.3 Å². The van der Waals surface area contributed by atoms with E-state index >= 15 is 0 Å². The highest BCUT2D eigenvalue weighted by Crippen LogP contribution is 2.30. The van der Waals surface area contributed by atoms with Gasteiger partial charge < -0.3 is 9.47 Å². The van der Waals surface area contributed by atoms with Crippen molar-refractivity contribution in [3.8, 4) is 5.75 Å². The third-order valence-corrected chi connectivity index (χ3v) is 6.39. The Hall–Kier alpha value is -2.22. The predicted octanol–water partition coefficient (Wildman–Crippen LogP) is 3.14. The first-order valence-electron chi connectivity index (χ1n) is 8.83. The minimum atomic E-state index is -3.58. The molecule has 1 aliphatic carbocycles. The van der Waals surface area contributed by atoms with Crippen LogP contribution >= 0.6 is 0 Å². The molecule has 142 valence electrons. The Morgan fingerprint density at radius 1 is 1.11 bits per heavy atom. The predicted molar refractivity (Wildman–Crippen MR) is 100 cm³/mol. The van der Waals surface area contributed by atoms with E-state index in [-0.39, 0.29) is 25.8 Å². The molecule has 1 aliphatic heterocycles. The van der Waals surface area contributed by atoms with E-state index in [9.17, 15) is 12.8 Å². The standard InChI is InChI=1S/C20H20FNO4S/c21-18-9-16(20-17(10-18)12-25-13-26-20)7-8-22-27(23,24)19-6-5-14-3-1-2-4-15(14)11-19/h1-4,9-11,22H,5-8,12-13H2. The third-order valence-electron chi connectivity index (χ3n) is 4.80. The Bertz CT molecular complexity index is 1000. The molecule has 0 amide bonds. The molecule has 0 bridgehead atoms. The number of sulfonamides is 1. The quantitative estimate of drug-likeness (QED) is 0.853. The Morgan fingerprint density at radius 3 is 2.85 bits per heavy atom. The number of rotatable bonds is 5. The highest BCUT2D eigenvalue weighted by molar-refractivity contribution is 7.93. The lowest BCUT2D eigenvalue weighted by Crippen LogP contribution is -2.28. The van der Waals surface area contributed by atoms with Gasteiger partial charge in [-0.25, -0.2) is 17.5 Å². The highest BCUT2D eigenvalue weighted by atomic mass is 32.2. The second-order valence-electron chi connectivity index (χ2n) is 6.62. The normalized spacial score (nSPS) is 16.1. The summed E-state index contributed by atoms with van der Waals surface area (Å²) in [5.74, 6) is 0.208. The van der Waals surface area contributed by atoms with Crippen LogP contribution in [0, 0.1) is 5.82 Å². The number of benzene rings is 2. The van der Waals surface area contributed by atoms with Crippen LogP contribution in [0.15, 0.2) is 41.3 Å². The molecule has 0 fully saturated rings. The molecule has 1 N–H and O–H groups in total. The largest absolute Gasteiger partial charge is 0.467 e.